The maximum atomic E-state index is 3.54. The highest BCUT2D eigenvalue weighted by molar-refractivity contribution is 6.04. The van der Waals surface area contributed by atoms with E-state index in [0.717, 1.165) is 45.5 Å². The number of anilines is 11. The number of rotatable bonds is 11. The molecule has 0 aliphatic heterocycles. The van der Waals surface area contributed by atoms with Gasteiger partial charge in [0, 0.05) is 73.3 Å². The van der Waals surface area contributed by atoms with Crippen molar-refractivity contribution in [2.24, 2.45) is 0 Å². The van der Waals surface area contributed by atoms with Crippen LogP contribution in [0.25, 0.3) is 64.6 Å². The van der Waals surface area contributed by atoms with E-state index in [9.17, 15) is 0 Å². The summed E-state index contributed by atoms with van der Waals surface area (Å²) >= 11 is 0. The van der Waals surface area contributed by atoms with E-state index in [1.54, 1.807) is 0 Å². The zero-order valence-electron chi connectivity index (χ0n) is 57.2. The Kier molecular flexibility index (Phi) is 21.0. The SMILES string of the molecule is Cc1ccc(Nc2ccc3ccccc3c2)cc1.Cc1ccc(Nc2cccc3cc4ccccc4cc23)cc1.Cc1ccc(Nc2cccc3ccccc23)cc1.Cc1ccc(Nc2ccccc2)cc1.Cc1ccccc1N(c1ccc2ccccc2c1)c1ccc2ccccc2c1. The van der Waals surface area contributed by atoms with Crippen LogP contribution in [0.2, 0.25) is 0 Å². The lowest BCUT2D eigenvalue weighted by atomic mass is 10.0. The van der Waals surface area contributed by atoms with Gasteiger partial charge in [0.1, 0.15) is 0 Å². The molecule has 0 radical (unpaired) electrons. The second-order valence-electron chi connectivity index (χ2n) is 25.3. The molecule has 0 aliphatic rings. The summed E-state index contributed by atoms with van der Waals surface area (Å²) in [6.07, 6.45) is 0. The molecule has 0 atom stereocenters. The van der Waals surface area contributed by atoms with E-state index in [1.165, 1.54) is 110 Å². The molecule has 17 rings (SSSR count). The summed E-state index contributed by atoms with van der Waals surface area (Å²) in [6, 6.07) is 132. The summed E-state index contributed by atoms with van der Waals surface area (Å²) < 4.78 is 0. The first-order valence-electron chi connectivity index (χ1n) is 34.2. The molecule has 0 unspecified atom stereocenters. The molecule has 0 saturated heterocycles. The monoisotopic (exact) mass is 1290 g/mol. The van der Waals surface area contributed by atoms with Crippen molar-refractivity contribution in [1.82, 2.24) is 0 Å². The van der Waals surface area contributed by atoms with Crippen LogP contribution in [0, 0.1) is 34.6 Å². The molecular formula is C95H81N5. The average molecular weight is 1290 g/mol. The number of hydrogen-bond acceptors (Lipinski definition) is 5. The summed E-state index contributed by atoms with van der Waals surface area (Å²) in [7, 11) is 0. The fourth-order valence-corrected chi connectivity index (χ4v) is 12.3. The largest absolute Gasteiger partial charge is 0.356 e. The van der Waals surface area contributed by atoms with Gasteiger partial charge in [-0.15, -0.1) is 0 Å². The molecule has 0 bridgehead atoms. The molecule has 486 valence electrons. The molecule has 17 aromatic carbocycles. The van der Waals surface area contributed by atoms with Crippen LogP contribution in [0.3, 0.4) is 0 Å². The average Bonchev–Trinajstić information content (AvgIpc) is 0.850. The lowest BCUT2D eigenvalue weighted by Crippen LogP contribution is -2.11. The highest BCUT2D eigenvalue weighted by Crippen LogP contribution is 2.39. The van der Waals surface area contributed by atoms with Gasteiger partial charge < -0.3 is 26.2 Å². The van der Waals surface area contributed by atoms with E-state index in [1.807, 2.05) is 18.2 Å². The smallest absolute Gasteiger partial charge is 0.0490 e. The molecule has 0 aliphatic carbocycles. The maximum Gasteiger partial charge on any atom is 0.0490 e. The Labute approximate surface area is 588 Å². The number of para-hydroxylation sites is 2. The summed E-state index contributed by atoms with van der Waals surface area (Å²) in [6.45, 7) is 10.6. The molecule has 0 amide bonds. The van der Waals surface area contributed by atoms with Crippen molar-refractivity contribution in [2.75, 3.05) is 26.2 Å². The molecule has 0 heterocycles. The van der Waals surface area contributed by atoms with Crippen molar-refractivity contribution in [1.29, 1.82) is 0 Å². The van der Waals surface area contributed by atoms with Crippen molar-refractivity contribution < 1.29 is 0 Å². The van der Waals surface area contributed by atoms with Crippen LogP contribution in [0.1, 0.15) is 27.8 Å². The third-order valence-corrected chi connectivity index (χ3v) is 17.7. The fraction of sp³-hybridized carbons (Fsp3) is 0.0526. The van der Waals surface area contributed by atoms with Gasteiger partial charge in [0.05, 0.1) is 0 Å². The van der Waals surface area contributed by atoms with E-state index in [4.69, 9.17) is 0 Å². The van der Waals surface area contributed by atoms with E-state index in [0.29, 0.717) is 0 Å². The molecule has 17 aromatic rings. The van der Waals surface area contributed by atoms with Crippen LogP contribution >= 0.6 is 0 Å². The van der Waals surface area contributed by atoms with E-state index in [2.05, 4.69) is 419 Å². The maximum absolute atomic E-state index is 3.54. The molecule has 5 heteroatoms. The highest BCUT2D eigenvalue weighted by atomic mass is 15.1. The first kappa shape index (κ1) is 65.9. The zero-order valence-corrected chi connectivity index (χ0v) is 57.2. The van der Waals surface area contributed by atoms with Crippen LogP contribution in [-0.4, -0.2) is 0 Å². The van der Waals surface area contributed by atoms with Crippen LogP contribution < -0.4 is 26.2 Å². The molecule has 4 N–H and O–H groups in total. The number of benzene rings is 17. The minimum absolute atomic E-state index is 1.12. The minimum atomic E-state index is 1.12. The third kappa shape index (κ3) is 17.1. The first-order valence-corrected chi connectivity index (χ1v) is 34.2. The van der Waals surface area contributed by atoms with Crippen LogP contribution in [-0.2, 0) is 0 Å². The van der Waals surface area contributed by atoms with Crippen LogP contribution in [0.4, 0.5) is 62.6 Å². The standard InChI is InChI=1S/C27H21N.C21H17N.2C17H15N.C13H13N/c1-20-8-2-7-13-27(20)28(25-16-14-21-9-3-5-11-23(21)18-25)26-17-15-22-10-4-6-12-24(22)19-26;1-15-9-11-19(12-10-15)22-21-8-4-7-18-13-16-5-2-3-6-17(16)14-20(18)21;1-13-9-11-15(12-10-13)18-17-8-4-6-14-5-2-3-7-16(14)17;1-13-6-9-16(10-7-13)18-17-11-8-14-4-2-3-5-15(14)12-17;1-11-7-9-13(10-8-11)14-12-5-3-2-4-6-12/h2-19H,1H3;2-14,22H,1H3;2*2-12,18H,1H3;2-10,14H,1H3. The van der Waals surface area contributed by atoms with Crippen molar-refractivity contribution >= 4 is 127 Å². The van der Waals surface area contributed by atoms with Crippen molar-refractivity contribution in [3.63, 3.8) is 0 Å². The van der Waals surface area contributed by atoms with E-state index < -0.39 is 0 Å². The van der Waals surface area contributed by atoms with Gasteiger partial charge in [0.25, 0.3) is 0 Å². The third-order valence-electron chi connectivity index (χ3n) is 17.7. The van der Waals surface area contributed by atoms with Crippen molar-refractivity contribution in [3.8, 4) is 0 Å². The molecule has 0 spiro atoms. The molecule has 0 fully saturated rings. The quantitative estimate of drug-likeness (QED) is 0.0973. The van der Waals surface area contributed by atoms with Crippen molar-refractivity contribution in [3.05, 3.63) is 404 Å². The lowest BCUT2D eigenvalue weighted by Gasteiger charge is -2.27. The fourth-order valence-electron chi connectivity index (χ4n) is 12.3. The summed E-state index contributed by atoms with van der Waals surface area (Å²) in [5.74, 6) is 0. The number of nitrogens with zero attached hydrogens (tertiary/aromatic N) is 1. The second-order valence-corrected chi connectivity index (χ2v) is 25.3. The molecular weight excluding hydrogens is 1210 g/mol. The predicted octanol–water partition coefficient (Wildman–Crippen LogP) is 27.3. The Bertz CT molecular complexity index is 5440. The molecule has 0 saturated carbocycles. The van der Waals surface area contributed by atoms with Gasteiger partial charge in [0.2, 0.25) is 0 Å². The van der Waals surface area contributed by atoms with Gasteiger partial charge in [-0.05, 0) is 221 Å². The van der Waals surface area contributed by atoms with Crippen molar-refractivity contribution in [2.45, 2.75) is 34.6 Å². The zero-order chi connectivity index (χ0) is 68.4. The van der Waals surface area contributed by atoms with Gasteiger partial charge in [0.15, 0.2) is 0 Å². The summed E-state index contributed by atoms with van der Waals surface area (Å²) in [4.78, 5) is 2.36. The minimum Gasteiger partial charge on any atom is -0.356 e. The second kappa shape index (κ2) is 31.9. The molecule has 5 nitrogen and oxygen atoms in total. The van der Waals surface area contributed by atoms with Crippen LogP contribution in [0.5, 0.6) is 0 Å². The normalized spacial score (nSPS) is 10.7. The Morgan fingerprint density at radius 1 is 0.190 bits per heavy atom. The molecule has 100 heavy (non-hydrogen) atoms. The van der Waals surface area contributed by atoms with Crippen LogP contribution in [0.15, 0.2) is 376 Å². The Morgan fingerprint density at radius 3 is 1.01 bits per heavy atom. The number of hydrogen-bond donors (Lipinski definition) is 4. The summed E-state index contributed by atoms with van der Waals surface area (Å²) in [5, 5.41) is 28.9. The Balaban J connectivity index is 0.000000114. The number of fused-ring (bicyclic) bond motifs is 6. The van der Waals surface area contributed by atoms with Gasteiger partial charge in [-0.1, -0.05) is 271 Å². The highest BCUT2D eigenvalue weighted by Gasteiger charge is 2.16. The van der Waals surface area contributed by atoms with Gasteiger partial charge in [-0.2, -0.15) is 0 Å². The Hall–Kier alpha value is -12.7. The predicted molar refractivity (Wildman–Crippen MR) is 435 cm³/mol. The summed E-state index contributed by atoms with van der Waals surface area (Å²) in [5.41, 5.74) is 18.9. The van der Waals surface area contributed by atoms with Gasteiger partial charge in [-0.25, -0.2) is 0 Å². The van der Waals surface area contributed by atoms with E-state index >= 15 is 0 Å². The first-order chi connectivity index (χ1) is 49.1. The number of aryl methyl sites for hydroxylation is 5. The number of nitrogens with one attached hydrogen (secondary N) is 4. The van der Waals surface area contributed by atoms with Gasteiger partial charge >= 0.3 is 0 Å². The Morgan fingerprint density at radius 2 is 0.520 bits per heavy atom. The topological polar surface area (TPSA) is 51.4 Å². The molecule has 0 aromatic heterocycles. The lowest BCUT2D eigenvalue weighted by molar-refractivity contribution is 1.26. The van der Waals surface area contributed by atoms with Gasteiger partial charge in [-0.3, -0.25) is 0 Å². The van der Waals surface area contributed by atoms with E-state index in [-0.39, 0.29) is 0 Å².